The normalized spacial score (nSPS) is 20.0. The molecule has 2 aliphatic heterocycles. The monoisotopic (exact) mass is 477 g/mol. The number of aryl methyl sites for hydroxylation is 2. The van der Waals surface area contributed by atoms with E-state index in [0.29, 0.717) is 5.92 Å². The van der Waals surface area contributed by atoms with Crippen LogP contribution in [-0.4, -0.2) is 51.2 Å². The van der Waals surface area contributed by atoms with Crippen LogP contribution < -0.4 is 5.73 Å². The molecule has 2 aliphatic rings. The van der Waals surface area contributed by atoms with Crippen molar-refractivity contribution < 1.29 is 4.21 Å². The summed E-state index contributed by atoms with van der Waals surface area (Å²) in [6.07, 6.45) is 4.14. The Kier molecular flexibility index (Phi) is 7.94. The SMILES string of the molecule is Cc1ccc(C2CCN(C(C)(C)C#Cc3cccc(S(=O)N4CCC(N)CC4)c3)CC2)cc1C. The van der Waals surface area contributed by atoms with Crippen molar-refractivity contribution in [3.05, 3.63) is 64.7 Å². The highest BCUT2D eigenvalue weighted by atomic mass is 32.2. The lowest BCUT2D eigenvalue weighted by Crippen LogP contribution is -2.47. The summed E-state index contributed by atoms with van der Waals surface area (Å²) >= 11 is 0. The summed E-state index contributed by atoms with van der Waals surface area (Å²) in [5.74, 6) is 7.53. The summed E-state index contributed by atoms with van der Waals surface area (Å²) in [7, 11) is -1.15. The predicted octanol–water partition coefficient (Wildman–Crippen LogP) is 4.76. The van der Waals surface area contributed by atoms with Gasteiger partial charge in [-0.3, -0.25) is 4.90 Å². The molecular formula is C29H39N3OS. The van der Waals surface area contributed by atoms with Crippen LogP contribution in [0, 0.1) is 25.7 Å². The summed E-state index contributed by atoms with van der Waals surface area (Å²) in [6.45, 7) is 12.5. The lowest BCUT2D eigenvalue weighted by molar-refractivity contribution is 0.129. The Morgan fingerprint density at radius 3 is 2.32 bits per heavy atom. The molecule has 0 saturated carbocycles. The topological polar surface area (TPSA) is 49.6 Å². The van der Waals surface area contributed by atoms with Crippen LogP contribution in [0.3, 0.4) is 0 Å². The molecule has 2 aromatic rings. The van der Waals surface area contributed by atoms with Gasteiger partial charge in [0.2, 0.25) is 0 Å². The van der Waals surface area contributed by atoms with Crippen molar-refractivity contribution in [2.45, 2.75) is 75.8 Å². The van der Waals surface area contributed by atoms with Crippen molar-refractivity contribution in [1.82, 2.24) is 9.21 Å². The minimum absolute atomic E-state index is 0.202. The minimum atomic E-state index is -1.15. The van der Waals surface area contributed by atoms with E-state index in [2.05, 4.69) is 62.6 Å². The van der Waals surface area contributed by atoms with Crippen LogP contribution >= 0.6 is 0 Å². The second-order valence-corrected chi connectivity index (χ2v) is 11.9. The van der Waals surface area contributed by atoms with Crippen molar-refractivity contribution in [2.24, 2.45) is 5.73 Å². The summed E-state index contributed by atoms with van der Waals surface area (Å²) in [4.78, 5) is 3.34. The largest absolute Gasteiger partial charge is 0.328 e. The highest BCUT2D eigenvalue weighted by Gasteiger charge is 2.30. The van der Waals surface area contributed by atoms with Gasteiger partial charge in [0.25, 0.3) is 0 Å². The number of nitrogens with two attached hydrogens (primary N) is 1. The van der Waals surface area contributed by atoms with Crippen LogP contribution in [-0.2, 0) is 11.0 Å². The van der Waals surface area contributed by atoms with Crippen LogP contribution in [0.2, 0.25) is 0 Å². The molecule has 1 unspecified atom stereocenters. The summed E-state index contributed by atoms with van der Waals surface area (Å²) in [5, 5.41) is 0. The number of rotatable bonds is 4. The third kappa shape index (κ3) is 5.98. The highest BCUT2D eigenvalue weighted by Crippen LogP contribution is 2.32. The number of hydrogen-bond acceptors (Lipinski definition) is 3. The molecule has 2 fully saturated rings. The van der Waals surface area contributed by atoms with Crippen molar-refractivity contribution in [1.29, 1.82) is 0 Å². The molecule has 0 bridgehead atoms. The van der Waals surface area contributed by atoms with E-state index < -0.39 is 11.0 Å². The molecule has 2 heterocycles. The number of benzene rings is 2. The van der Waals surface area contributed by atoms with E-state index in [1.165, 1.54) is 29.5 Å². The molecule has 2 saturated heterocycles. The van der Waals surface area contributed by atoms with E-state index in [9.17, 15) is 4.21 Å². The van der Waals surface area contributed by atoms with Gasteiger partial charge in [0, 0.05) is 37.8 Å². The zero-order valence-electron chi connectivity index (χ0n) is 21.1. The van der Waals surface area contributed by atoms with Crippen molar-refractivity contribution in [3.8, 4) is 11.8 Å². The molecule has 0 aliphatic carbocycles. The first-order valence-electron chi connectivity index (χ1n) is 12.6. The van der Waals surface area contributed by atoms with Crippen LogP contribution in [0.1, 0.15) is 67.7 Å². The van der Waals surface area contributed by atoms with Crippen LogP contribution in [0.15, 0.2) is 47.4 Å². The molecule has 1 atom stereocenters. The molecule has 34 heavy (non-hydrogen) atoms. The Hall–Kier alpha value is -1.97. The van der Waals surface area contributed by atoms with Gasteiger partial charge in [0.1, 0.15) is 11.0 Å². The Morgan fingerprint density at radius 1 is 0.941 bits per heavy atom. The van der Waals surface area contributed by atoms with Crippen LogP contribution in [0.5, 0.6) is 0 Å². The Balaban J connectivity index is 1.39. The van der Waals surface area contributed by atoms with Gasteiger partial charge in [0.15, 0.2) is 0 Å². The number of likely N-dealkylation sites (tertiary alicyclic amines) is 1. The van der Waals surface area contributed by atoms with Crippen molar-refractivity contribution >= 4 is 11.0 Å². The summed E-state index contributed by atoms with van der Waals surface area (Å²) in [6, 6.07) is 15.1. The Labute approximate surface area is 208 Å². The zero-order valence-corrected chi connectivity index (χ0v) is 22.0. The lowest BCUT2D eigenvalue weighted by atomic mass is 9.86. The van der Waals surface area contributed by atoms with E-state index in [0.717, 1.165) is 49.5 Å². The van der Waals surface area contributed by atoms with E-state index in [4.69, 9.17) is 5.73 Å². The van der Waals surface area contributed by atoms with E-state index in [-0.39, 0.29) is 11.6 Å². The summed E-state index contributed by atoms with van der Waals surface area (Å²) < 4.78 is 15.1. The van der Waals surface area contributed by atoms with Gasteiger partial charge in [0.05, 0.1) is 10.4 Å². The van der Waals surface area contributed by atoms with Crippen LogP contribution in [0.4, 0.5) is 0 Å². The standard InChI is InChI=1S/C29H39N3OS/c1-22-8-9-26(20-23(22)2)25-11-16-31(17-12-25)29(3,4)15-10-24-6-5-7-28(21-24)34(33)32-18-13-27(30)14-19-32/h5-9,20-21,25,27H,11-14,16-19,30H2,1-4H3. The molecule has 5 heteroatoms. The van der Waals surface area contributed by atoms with E-state index in [1.807, 2.05) is 28.6 Å². The molecule has 2 N–H and O–H groups in total. The molecule has 4 nitrogen and oxygen atoms in total. The Morgan fingerprint density at radius 2 is 1.65 bits per heavy atom. The minimum Gasteiger partial charge on any atom is -0.328 e. The summed E-state index contributed by atoms with van der Waals surface area (Å²) in [5.41, 5.74) is 11.0. The maximum absolute atomic E-state index is 13.0. The zero-order chi connectivity index (χ0) is 24.3. The van der Waals surface area contributed by atoms with Gasteiger partial charge < -0.3 is 5.73 Å². The lowest BCUT2D eigenvalue weighted by Gasteiger charge is -2.40. The second-order valence-electron chi connectivity index (χ2n) is 10.5. The molecule has 0 spiro atoms. The van der Waals surface area contributed by atoms with Gasteiger partial charge in [-0.2, -0.15) is 0 Å². The third-order valence-corrected chi connectivity index (χ3v) is 9.06. The molecule has 2 aromatic carbocycles. The highest BCUT2D eigenvalue weighted by molar-refractivity contribution is 7.82. The quantitative estimate of drug-likeness (QED) is 0.646. The maximum Gasteiger partial charge on any atom is 0.127 e. The average molecular weight is 478 g/mol. The Bertz CT molecular complexity index is 1080. The first-order chi connectivity index (χ1) is 16.2. The molecule has 182 valence electrons. The van der Waals surface area contributed by atoms with E-state index >= 15 is 0 Å². The van der Waals surface area contributed by atoms with Crippen molar-refractivity contribution in [2.75, 3.05) is 26.2 Å². The van der Waals surface area contributed by atoms with Crippen LogP contribution in [0.25, 0.3) is 0 Å². The number of nitrogens with zero attached hydrogens (tertiary/aromatic N) is 2. The molecule has 4 rings (SSSR count). The third-order valence-electron chi connectivity index (χ3n) is 7.57. The fourth-order valence-electron chi connectivity index (χ4n) is 4.97. The molecule has 0 amide bonds. The average Bonchev–Trinajstić information content (AvgIpc) is 2.85. The van der Waals surface area contributed by atoms with Gasteiger partial charge in [-0.25, -0.2) is 8.51 Å². The second kappa shape index (κ2) is 10.7. The molecular weight excluding hydrogens is 438 g/mol. The number of hydrogen-bond donors (Lipinski definition) is 1. The van der Waals surface area contributed by atoms with Gasteiger partial charge in [-0.05, 0) is 94.2 Å². The fraction of sp³-hybridized carbons (Fsp3) is 0.517. The first kappa shape index (κ1) is 25.1. The van der Waals surface area contributed by atoms with Crippen molar-refractivity contribution in [3.63, 3.8) is 0 Å². The maximum atomic E-state index is 13.0. The fourth-order valence-corrected chi connectivity index (χ4v) is 6.23. The van der Waals surface area contributed by atoms with Gasteiger partial charge >= 0.3 is 0 Å². The first-order valence-corrected chi connectivity index (χ1v) is 13.7. The number of piperidine rings is 2. The predicted molar refractivity (Wildman–Crippen MR) is 142 cm³/mol. The van der Waals surface area contributed by atoms with Gasteiger partial charge in [-0.1, -0.05) is 36.1 Å². The molecule has 0 radical (unpaired) electrons. The smallest absolute Gasteiger partial charge is 0.127 e. The molecule has 0 aromatic heterocycles. The van der Waals surface area contributed by atoms with E-state index in [1.54, 1.807) is 0 Å². The van der Waals surface area contributed by atoms with Gasteiger partial charge in [-0.15, -0.1) is 0 Å².